The van der Waals surface area contributed by atoms with Gasteiger partial charge in [0.2, 0.25) is 0 Å². The van der Waals surface area contributed by atoms with E-state index in [0.29, 0.717) is 0 Å². The number of aryl methyl sites for hydroxylation is 6. The van der Waals surface area contributed by atoms with Crippen LogP contribution in [-0.4, -0.2) is 9.97 Å². The Kier molecular flexibility index (Phi) is 12.1. The van der Waals surface area contributed by atoms with Gasteiger partial charge in [0, 0.05) is 24.8 Å². The molecule has 0 amide bonds. The van der Waals surface area contributed by atoms with Crippen LogP contribution < -0.4 is 9.97 Å². The van der Waals surface area contributed by atoms with Crippen molar-refractivity contribution in [2.24, 2.45) is 0 Å². The van der Waals surface area contributed by atoms with Crippen molar-refractivity contribution in [3.05, 3.63) is 154 Å². The van der Waals surface area contributed by atoms with Gasteiger partial charge < -0.3 is 9.97 Å². The van der Waals surface area contributed by atoms with Gasteiger partial charge in [-0.15, -0.1) is 11.4 Å². The number of nitrogens with zero attached hydrogens (tertiary/aromatic N) is 4. The molecule has 4 nitrogen and oxygen atoms in total. The van der Waals surface area contributed by atoms with Crippen molar-refractivity contribution in [1.29, 1.82) is 0 Å². The molecule has 6 aromatic rings. The third-order valence-electron chi connectivity index (χ3n) is 7.56. The molecule has 0 saturated heterocycles. The summed E-state index contributed by atoms with van der Waals surface area (Å²) < 4.78 is 0. The van der Waals surface area contributed by atoms with E-state index in [-0.39, 0.29) is 22.5 Å². The second-order valence-electron chi connectivity index (χ2n) is 11.7. The minimum absolute atomic E-state index is 0. The maximum absolute atomic E-state index is 5.07. The predicted molar refractivity (Wildman–Crippen MR) is 179 cm³/mol. The molecule has 0 fully saturated rings. The van der Waals surface area contributed by atoms with Crippen LogP contribution in [0.25, 0.3) is 22.5 Å². The minimum Gasteiger partial charge on any atom is -0.660 e. The summed E-state index contributed by atoms with van der Waals surface area (Å²) >= 11 is 0. The normalized spacial score (nSPS) is 10.5. The van der Waals surface area contributed by atoms with Crippen molar-refractivity contribution in [3.63, 3.8) is 0 Å². The third kappa shape index (κ3) is 8.47. The SMILES string of the molecule is Cc1cc(C)c(-c2ccc(C(C)(C)c3ccc(-c4c(C)cc(C)cc4C)[n-]3)[n-]2)c(C)c1.[Fe+2].c1ccncc1.c1ccncc1. The largest absolute Gasteiger partial charge is 2.00 e. The van der Waals surface area contributed by atoms with Gasteiger partial charge in [-0.25, -0.2) is 0 Å². The Bertz CT molecular complexity index is 1520. The predicted octanol–water partition coefficient (Wildman–Crippen LogP) is 9.27. The molecule has 226 valence electrons. The van der Waals surface area contributed by atoms with Gasteiger partial charge in [0.05, 0.1) is 0 Å². The van der Waals surface area contributed by atoms with Gasteiger partial charge in [-0.3, -0.25) is 9.97 Å². The molecule has 5 heteroatoms. The molecule has 0 N–H and O–H groups in total. The van der Waals surface area contributed by atoms with Crippen molar-refractivity contribution < 1.29 is 17.1 Å². The summed E-state index contributed by atoms with van der Waals surface area (Å²) in [5.74, 6) is 0. The number of rotatable bonds is 4. The summed E-state index contributed by atoms with van der Waals surface area (Å²) in [7, 11) is 0. The molecular formula is C39H42FeN4. The Balaban J connectivity index is 0.000000337. The van der Waals surface area contributed by atoms with Gasteiger partial charge in [0.25, 0.3) is 0 Å². The van der Waals surface area contributed by atoms with Gasteiger partial charge in [-0.2, -0.15) is 11.4 Å². The molecule has 6 rings (SSSR count). The molecule has 0 saturated carbocycles. The van der Waals surface area contributed by atoms with Crippen LogP contribution in [0.2, 0.25) is 0 Å². The monoisotopic (exact) mass is 622 g/mol. The number of hydrogen-bond donors (Lipinski definition) is 0. The van der Waals surface area contributed by atoms with Crippen molar-refractivity contribution in [1.82, 2.24) is 19.9 Å². The van der Waals surface area contributed by atoms with Gasteiger partial charge in [0.15, 0.2) is 0 Å². The van der Waals surface area contributed by atoms with Crippen LogP contribution in [0.5, 0.6) is 0 Å². The van der Waals surface area contributed by atoms with Crippen LogP contribution in [-0.2, 0) is 22.5 Å². The van der Waals surface area contributed by atoms with E-state index in [1.165, 1.54) is 44.5 Å². The maximum atomic E-state index is 5.07. The first kappa shape index (κ1) is 34.3. The molecule has 0 aliphatic rings. The van der Waals surface area contributed by atoms with Gasteiger partial charge in [-0.1, -0.05) is 85.6 Å². The average molecular weight is 623 g/mol. The number of benzene rings is 2. The smallest absolute Gasteiger partial charge is 0.660 e. The van der Waals surface area contributed by atoms with E-state index in [2.05, 4.69) is 114 Å². The average Bonchev–Trinajstić information content (AvgIpc) is 3.66. The maximum Gasteiger partial charge on any atom is 2.00 e. The number of hydrogen-bond acceptors (Lipinski definition) is 2. The summed E-state index contributed by atoms with van der Waals surface area (Å²) in [6, 6.07) is 29.0. The first-order valence-corrected chi connectivity index (χ1v) is 14.7. The Morgan fingerprint density at radius 1 is 0.477 bits per heavy atom. The quantitative estimate of drug-likeness (QED) is 0.184. The number of aromatic nitrogens is 4. The number of pyridine rings is 2. The molecule has 0 atom stereocenters. The fraction of sp³-hybridized carbons (Fsp3) is 0.231. The van der Waals surface area contributed by atoms with Gasteiger partial charge in [0.1, 0.15) is 0 Å². The molecule has 4 aromatic heterocycles. The van der Waals surface area contributed by atoms with E-state index < -0.39 is 0 Å². The van der Waals surface area contributed by atoms with Crippen molar-refractivity contribution >= 4 is 0 Å². The summed E-state index contributed by atoms with van der Waals surface area (Å²) in [5.41, 5.74) is 14.1. The van der Waals surface area contributed by atoms with Crippen LogP contribution in [0.4, 0.5) is 0 Å². The Morgan fingerprint density at radius 3 is 1.05 bits per heavy atom. The standard InChI is InChI=1S/C29H32N2.2C5H5N.Fe/c1-17-13-19(3)27(20(4)14-17)23-9-11-25(30-23)29(7,8)26-12-10-24(31-26)28-21(5)15-18(2)16-22(28)6;2*1-2-4-6-5-3-1;/h9-16H,1-8H3;2*1-5H;/q-2;;;+2. The van der Waals surface area contributed by atoms with Crippen LogP contribution in [0.15, 0.2) is 110 Å². The van der Waals surface area contributed by atoms with Crippen molar-refractivity contribution in [3.8, 4) is 22.5 Å². The molecule has 0 unspecified atom stereocenters. The van der Waals surface area contributed by atoms with Crippen LogP contribution in [0, 0.1) is 41.5 Å². The first-order chi connectivity index (χ1) is 20.6. The first-order valence-electron chi connectivity index (χ1n) is 14.7. The molecule has 0 radical (unpaired) electrons. The zero-order valence-electron chi connectivity index (χ0n) is 27.0. The summed E-state index contributed by atoms with van der Waals surface area (Å²) in [6.07, 6.45) is 7.00. The van der Waals surface area contributed by atoms with Crippen LogP contribution in [0.3, 0.4) is 0 Å². The minimum atomic E-state index is -0.268. The fourth-order valence-electron chi connectivity index (χ4n) is 5.62. The summed E-state index contributed by atoms with van der Waals surface area (Å²) in [6.45, 7) is 17.4. The molecule has 4 heterocycles. The van der Waals surface area contributed by atoms with Gasteiger partial charge in [-0.05, 0) is 105 Å². The third-order valence-corrected chi connectivity index (χ3v) is 7.56. The van der Waals surface area contributed by atoms with Gasteiger partial charge >= 0.3 is 17.1 Å². The summed E-state index contributed by atoms with van der Waals surface area (Å²) in [4.78, 5) is 17.7. The van der Waals surface area contributed by atoms with E-state index in [1.54, 1.807) is 24.8 Å². The molecular weight excluding hydrogens is 580 g/mol. The van der Waals surface area contributed by atoms with E-state index >= 15 is 0 Å². The van der Waals surface area contributed by atoms with E-state index in [4.69, 9.17) is 9.97 Å². The molecule has 0 bridgehead atoms. The van der Waals surface area contributed by atoms with E-state index in [1.807, 2.05) is 36.4 Å². The van der Waals surface area contributed by atoms with Crippen LogP contribution in [0.1, 0.15) is 58.6 Å². The Labute approximate surface area is 273 Å². The molecule has 44 heavy (non-hydrogen) atoms. The molecule has 0 aliphatic carbocycles. The van der Waals surface area contributed by atoms with Crippen LogP contribution >= 0.6 is 0 Å². The summed E-state index contributed by atoms with van der Waals surface area (Å²) in [5, 5.41) is 0. The topological polar surface area (TPSA) is 54.0 Å². The Morgan fingerprint density at radius 2 is 0.795 bits per heavy atom. The fourth-order valence-corrected chi connectivity index (χ4v) is 5.62. The zero-order chi connectivity index (χ0) is 31.0. The molecule has 0 spiro atoms. The molecule has 0 aliphatic heterocycles. The van der Waals surface area contributed by atoms with Crippen molar-refractivity contribution in [2.45, 2.75) is 60.8 Å². The second-order valence-corrected chi connectivity index (χ2v) is 11.7. The van der Waals surface area contributed by atoms with Crippen molar-refractivity contribution in [2.75, 3.05) is 0 Å². The molecule has 2 aromatic carbocycles. The Hall–Kier alpha value is -4.18. The van der Waals surface area contributed by atoms with E-state index in [0.717, 1.165) is 22.8 Å². The zero-order valence-corrected chi connectivity index (χ0v) is 28.1. The van der Waals surface area contributed by atoms with E-state index in [9.17, 15) is 0 Å². The second kappa shape index (κ2) is 15.5.